The van der Waals surface area contributed by atoms with Gasteiger partial charge in [-0.1, -0.05) is 64.1 Å². The maximum Gasteiger partial charge on any atom is 0.272 e. The first-order valence-electron chi connectivity index (χ1n) is 9.02. The minimum absolute atomic E-state index is 0.117. The molecule has 2 unspecified atom stereocenters. The van der Waals surface area contributed by atoms with Crippen LogP contribution in [0.4, 0.5) is 0 Å². The average molecular weight is 350 g/mol. The Kier molecular flexibility index (Phi) is 4.97. The molecule has 4 nitrogen and oxygen atoms in total. The van der Waals surface area contributed by atoms with E-state index < -0.39 is 6.10 Å². The third-order valence-corrected chi connectivity index (χ3v) is 4.82. The maximum absolute atomic E-state index is 12.3. The quantitative estimate of drug-likeness (QED) is 0.743. The molecule has 1 aromatic heterocycles. The molecule has 0 spiro atoms. The van der Waals surface area contributed by atoms with Crippen molar-refractivity contribution in [2.75, 3.05) is 0 Å². The largest absolute Gasteiger partial charge is 0.386 e. The highest BCUT2D eigenvalue weighted by Crippen LogP contribution is 2.26. The Labute approximate surface area is 153 Å². The van der Waals surface area contributed by atoms with Gasteiger partial charge in [0.05, 0.1) is 11.0 Å². The minimum atomic E-state index is -0.911. The van der Waals surface area contributed by atoms with Crippen molar-refractivity contribution in [1.82, 2.24) is 9.97 Å². The SMILES string of the molecule is CC(Cc1ccc(C(C)(C)C)cc1)C(O)c1nc2ccccc2[nH]c1=O. The highest BCUT2D eigenvalue weighted by atomic mass is 16.3. The molecule has 4 heteroatoms. The van der Waals surface area contributed by atoms with Crippen LogP contribution in [0.3, 0.4) is 0 Å². The summed E-state index contributed by atoms with van der Waals surface area (Å²) < 4.78 is 0. The van der Waals surface area contributed by atoms with E-state index in [1.54, 1.807) is 6.07 Å². The molecule has 0 aliphatic heterocycles. The van der Waals surface area contributed by atoms with Crippen molar-refractivity contribution in [3.8, 4) is 0 Å². The van der Waals surface area contributed by atoms with Crippen LogP contribution in [0.15, 0.2) is 53.3 Å². The molecule has 3 rings (SSSR count). The molecular formula is C22H26N2O2. The van der Waals surface area contributed by atoms with Gasteiger partial charge >= 0.3 is 0 Å². The van der Waals surface area contributed by atoms with Crippen LogP contribution in [0.2, 0.25) is 0 Å². The molecule has 136 valence electrons. The lowest BCUT2D eigenvalue weighted by atomic mass is 9.85. The number of aliphatic hydroxyl groups excluding tert-OH is 1. The lowest BCUT2D eigenvalue weighted by molar-refractivity contribution is 0.112. The first kappa shape index (κ1) is 18.3. The monoisotopic (exact) mass is 350 g/mol. The van der Waals surface area contributed by atoms with E-state index in [0.717, 1.165) is 5.56 Å². The van der Waals surface area contributed by atoms with Gasteiger partial charge in [-0.25, -0.2) is 4.98 Å². The second kappa shape index (κ2) is 7.04. The summed E-state index contributed by atoms with van der Waals surface area (Å²) in [6.45, 7) is 8.50. The van der Waals surface area contributed by atoms with Crippen molar-refractivity contribution >= 4 is 11.0 Å². The van der Waals surface area contributed by atoms with E-state index in [1.165, 1.54) is 5.56 Å². The molecule has 2 aromatic carbocycles. The van der Waals surface area contributed by atoms with Crippen LogP contribution in [0, 0.1) is 5.92 Å². The van der Waals surface area contributed by atoms with Crippen LogP contribution in [0.25, 0.3) is 11.0 Å². The first-order valence-corrected chi connectivity index (χ1v) is 9.02. The lowest BCUT2D eigenvalue weighted by Crippen LogP contribution is -2.23. The number of nitrogens with zero attached hydrogens (tertiary/aromatic N) is 1. The lowest BCUT2D eigenvalue weighted by Gasteiger charge is -2.21. The van der Waals surface area contributed by atoms with Crippen molar-refractivity contribution in [2.24, 2.45) is 5.92 Å². The van der Waals surface area contributed by atoms with E-state index >= 15 is 0 Å². The summed E-state index contributed by atoms with van der Waals surface area (Å²) in [6, 6.07) is 15.8. The number of rotatable bonds is 4. The molecule has 0 fully saturated rings. The van der Waals surface area contributed by atoms with E-state index in [9.17, 15) is 9.90 Å². The highest BCUT2D eigenvalue weighted by Gasteiger charge is 2.22. The first-order chi connectivity index (χ1) is 12.3. The molecule has 2 N–H and O–H groups in total. The van der Waals surface area contributed by atoms with Gasteiger partial charge in [0.2, 0.25) is 0 Å². The van der Waals surface area contributed by atoms with Crippen molar-refractivity contribution in [3.63, 3.8) is 0 Å². The van der Waals surface area contributed by atoms with Gasteiger partial charge in [-0.3, -0.25) is 4.79 Å². The number of hydrogen-bond donors (Lipinski definition) is 2. The highest BCUT2D eigenvalue weighted by molar-refractivity contribution is 5.73. The zero-order chi connectivity index (χ0) is 18.9. The van der Waals surface area contributed by atoms with Crippen molar-refractivity contribution in [1.29, 1.82) is 0 Å². The smallest absolute Gasteiger partial charge is 0.272 e. The fourth-order valence-electron chi connectivity index (χ4n) is 3.14. The van der Waals surface area contributed by atoms with Gasteiger partial charge < -0.3 is 10.1 Å². The molecule has 3 aromatic rings. The molecule has 0 radical (unpaired) electrons. The molecule has 0 amide bonds. The molecule has 0 saturated carbocycles. The second-order valence-electron chi connectivity index (χ2n) is 8.04. The van der Waals surface area contributed by atoms with Gasteiger partial charge in [-0.2, -0.15) is 0 Å². The Hall–Kier alpha value is -2.46. The number of hydrogen-bond acceptors (Lipinski definition) is 3. The van der Waals surface area contributed by atoms with Crippen molar-refractivity contribution in [2.45, 2.75) is 45.6 Å². The summed E-state index contributed by atoms with van der Waals surface area (Å²) in [4.78, 5) is 19.5. The number of aromatic nitrogens is 2. The van der Waals surface area contributed by atoms with Crippen molar-refractivity contribution < 1.29 is 5.11 Å². The summed E-state index contributed by atoms with van der Waals surface area (Å²) in [5, 5.41) is 10.7. The molecule has 1 heterocycles. The van der Waals surface area contributed by atoms with Crippen LogP contribution in [0.5, 0.6) is 0 Å². The number of benzene rings is 2. The Morgan fingerprint density at radius 2 is 1.73 bits per heavy atom. The zero-order valence-corrected chi connectivity index (χ0v) is 15.8. The van der Waals surface area contributed by atoms with E-state index in [4.69, 9.17) is 0 Å². The van der Waals surface area contributed by atoms with E-state index in [0.29, 0.717) is 17.5 Å². The number of aromatic amines is 1. The predicted molar refractivity (Wildman–Crippen MR) is 105 cm³/mol. The van der Waals surface area contributed by atoms with Gasteiger partial charge in [0.15, 0.2) is 0 Å². The van der Waals surface area contributed by atoms with Crippen LogP contribution >= 0.6 is 0 Å². The Morgan fingerprint density at radius 3 is 2.38 bits per heavy atom. The Balaban J connectivity index is 1.80. The van der Waals surface area contributed by atoms with Crippen LogP contribution in [-0.2, 0) is 11.8 Å². The van der Waals surface area contributed by atoms with Gasteiger partial charge in [-0.05, 0) is 41.0 Å². The Morgan fingerprint density at radius 1 is 1.08 bits per heavy atom. The van der Waals surface area contributed by atoms with Gasteiger partial charge in [0, 0.05) is 0 Å². The number of aliphatic hydroxyl groups is 1. The average Bonchev–Trinajstić information content (AvgIpc) is 2.60. The summed E-state index contributed by atoms with van der Waals surface area (Å²) in [5.41, 5.74) is 3.76. The van der Waals surface area contributed by atoms with Gasteiger partial charge in [-0.15, -0.1) is 0 Å². The summed E-state index contributed by atoms with van der Waals surface area (Å²) >= 11 is 0. The summed E-state index contributed by atoms with van der Waals surface area (Å²) in [5.74, 6) is -0.120. The van der Waals surface area contributed by atoms with E-state index in [1.807, 2.05) is 25.1 Å². The van der Waals surface area contributed by atoms with Crippen LogP contribution < -0.4 is 5.56 Å². The van der Waals surface area contributed by atoms with E-state index in [2.05, 4.69) is 55.0 Å². The maximum atomic E-state index is 12.3. The second-order valence-corrected chi connectivity index (χ2v) is 8.04. The van der Waals surface area contributed by atoms with Crippen LogP contribution in [0.1, 0.15) is 50.6 Å². The zero-order valence-electron chi connectivity index (χ0n) is 15.8. The molecule has 2 atom stereocenters. The molecule has 0 saturated heterocycles. The molecule has 0 bridgehead atoms. The van der Waals surface area contributed by atoms with E-state index in [-0.39, 0.29) is 22.6 Å². The molecule has 26 heavy (non-hydrogen) atoms. The fraction of sp³-hybridized carbons (Fsp3) is 0.364. The third-order valence-electron chi connectivity index (χ3n) is 4.82. The van der Waals surface area contributed by atoms with Crippen molar-refractivity contribution in [3.05, 3.63) is 75.7 Å². The molecule has 0 aliphatic rings. The van der Waals surface area contributed by atoms with Crippen LogP contribution in [-0.4, -0.2) is 15.1 Å². The topological polar surface area (TPSA) is 66.0 Å². The Bertz CT molecular complexity index is 952. The minimum Gasteiger partial charge on any atom is -0.386 e. The number of H-pyrrole nitrogens is 1. The standard InChI is InChI=1S/C22H26N2O2/c1-14(13-15-9-11-16(12-10-15)22(2,3)4)20(25)19-21(26)24-18-8-6-5-7-17(18)23-19/h5-12,14,20,25H,13H2,1-4H3,(H,24,26). The number of nitrogens with one attached hydrogen (secondary N) is 1. The van der Waals surface area contributed by atoms with Gasteiger partial charge in [0.1, 0.15) is 11.8 Å². The molecular weight excluding hydrogens is 324 g/mol. The fourth-order valence-corrected chi connectivity index (χ4v) is 3.14. The van der Waals surface area contributed by atoms with Gasteiger partial charge in [0.25, 0.3) is 5.56 Å². The third kappa shape index (κ3) is 3.86. The molecule has 0 aliphatic carbocycles. The number of fused-ring (bicyclic) bond motifs is 1. The normalized spacial score (nSPS) is 14.3. The summed E-state index contributed by atoms with van der Waals surface area (Å²) in [7, 11) is 0. The predicted octanol–water partition coefficient (Wildman–Crippen LogP) is 4.13. The number of para-hydroxylation sites is 2. The summed E-state index contributed by atoms with van der Waals surface area (Å²) in [6.07, 6.45) is -0.231.